The number of hydrogen-bond acceptors (Lipinski definition) is 4. The molecule has 2 aromatic carbocycles. The van der Waals surface area contributed by atoms with E-state index < -0.39 is 10.0 Å². The smallest absolute Gasteiger partial charge is 0.243 e. The van der Waals surface area contributed by atoms with Gasteiger partial charge in [-0.05, 0) is 43.0 Å². The van der Waals surface area contributed by atoms with E-state index in [-0.39, 0.29) is 17.3 Å². The highest BCUT2D eigenvalue weighted by Crippen LogP contribution is 2.25. The molecule has 0 aliphatic carbocycles. The molecule has 0 bridgehead atoms. The normalized spacial score (nSPS) is 14.8. The van der Waals surface area contributed by atoms with Gasteiger partial charge in [-0.25, -0.2) is 8.42 Å². The minimum absolute atomic E-state index is 0.188. The maximum atomic E-state index is 12.7. The van der Waals surface area contributed by atoms with Crippen molar-refractivity contribution < 1.29 is 13.2 Å². The lowest BCUT2D eigenvalue weighted by atomic mass is 10.1. The molecule has 0 aromatic heterocycles. The SMILES string of the molecule is CN(Cc1ccccc1N1CCCCC1)C(=O)CN(C)S(=O)(=O)c1ccccc1. The largest absolute Gasteiger partial charge is 0.371 e. The van der Waals surface area contributed by atoms with Crippen molar-refractivity contribution in [3.8, 4) is 0 Å². The Labute approximate surface area is 173 Å². The number of piperidine rings is 1. The summed E-state index contributed by atoms with van der Waals surface area (Å²) >= 11 is 0. The lowest BCUT2D eigenvalue weighted by Gasteiger charge is -2.31. The number of para-hydroxylation sites is 1. The molecule has 0 spiro atoms. The zero-order valence-electron chi connectivity index (χ0n) is 17.1. The van der Waals surface area contributed by atoms with E-state index in [4.69, 9.17) is 0 Å². The molecule has 2 aromatic rings. The van der Waals surface area contributed by atoms with Gasteiger partial charge in [0.1, 0.15) is 0 Å². The summed E-state index contributed by atoms with van der Waals surface area (Å²) in [7, 11) is -0.527. The van der Waals surface area contributed by atoms with Crippen LogP contribution in [0.3, 0.4) is 0 Å². The van der Waals surface area contributed by atoms with Crippen LogP contribution in [-0.2, 0) is 21.4 Å². The van der Waals surface area contributed by atoms with Crippen molar-refractivity contribution in [2.45, 2.75) is 30.7 Å². The summed E-state index contributed by atoms with van der Waals surface area (Å²) in [5, 5.41) is 0. The molecule has 156 valence electrons. The molecule has 29 heavy (non-hydrogen) atoms. The summed E-state index contributed by atoms with van der Waals surface area (Å²) in [6, 6.07) is 16.3. The second-order valence-corrected chi connectivity index (χ2v) is 9.55. The average Bonchev–Trinajstić information content (AvgIpc) is 2.75. The minimum atomic E-state index is -3.69. The molecule has 3 rings (SSSR count). The molecule has 1 aliphatic rings. The first kappa shape index (κ1) is 21.3. The van der Waals surface area contributed by atoms with Crippen LogP contribution in [0.25, 0.3) is 0 Å². The number of carbonyl (C=O) groups excluding carboxylic acids is 1. The van der Waals surface area contributed by atoms with E-state index in [1.54, 1.807) is 30.1 Å². The number of amides is 1. The van der Waals surface area contributed by atoms with Gasteiger partial charge in [0.15, 0.2) is 0 Å². The summed E-state index contributed by atoms with van der Waals surface area (Å²) in [5.41, 5.74) is 2.25. The molecule has 0 radical (unpaired) electrons. The highest BCUT2D eigenvalue weighted by atomic mass is 32.2. The highest BCUT2D eigenvalue weighted by Gasteiger charge is 2.24. The number of nitrogens with zero attached hydrogens (tertiary/aromatic N) is 3. The van der Waals surface area contributed by atoms with Gasteiger partial charge in [-0.1, -0.05) is 36.4 Å². The highest BCUT2D eigenvalue weighted by molar-refractivity contribution is 7.89. The monoisotopic (exact) mass is 415 g/mol. The predicted molar refractivity (Wildman–Crippen MR) is 115 cm³/mol. The van der Waals surface area contributed by atoms with E-state index in [9.17, 15) is 13.2 Å². The molecule has 0 unspecified atom stereocenters. The molecule has 0 N–H and O–H groups in total. The lowest BCUT2D eigenvalue weighted by molar-refractivity contribution is -0.130. The van der Waals surface area contributed by atoms with E-state index >= 15 is 0 Å². The van der Waals surface area contributed by atoms with Crippen LogP contribution in [0.15, 0.2) is 59.5 Å². The maximum Gasteiger partial charge on any atom is 0.243 e. The van der Waals surface area contributed by atoms with Crippen LogP contribution >= 0.6 is 0 Å². The van der Waals surface area contributed by atoms with E-state index in [2.05, 4.69) is 11.0 Å². The summed E-state index contributed by atoms with van der Waals surface area (Å²) in [6.07, 6.45) is 3.63. The molecule has 6 nitrogen and oxygen atoms in total. The van der Waals surface area contributed by atoms with Crippen molar-refractivity contribution in [3.63, 3.8) is 0 Å². The molecule has 1 saturated heterocycles. The van der Waals surface area contributed by atoms with E-state index in [0.717, 1.165) is 28.6 Å². The Kier molecular flexibility index (Phi) is 6.92. The van der Waals surface area contributed by atoms with Crippen LogP contribution in [0.2, 0.25) is 0 Å². The second kappa shape index (κ2) is 9.41. The maximum absolute atomic E-state index is 12.7. The zero-order chi connectivity index (χ0) is 20.9. The van der Waals surface area contributed by atoms with Gasteiger partial charge in [-0.2, -0.15) is 4.31 Å². The predicted octanol–water partition coefficient (Wildman–Crippen LogP) is 2.96. The average molecular weight is 416 g/mol. The Morgan fingerprint density at radius 2 is 1.55 bits per heavy atom. The van der Waals surface area contributed by atoms with Gasteiger partial charge >= 0.3 is 0 Å². The second-order valence-electron chi connectivity index (χ2n) is 7.50. The molecule has 1 fully saturated rings. The fraction of sp³-hybridized carbons (Fsp3) is 0.409. The van der Waals surface area contributed by atoms with Crippen LogP contribution in [-0.4, -0.2) is 57.3 Å². The number of sulfonamides is 1. The van der Waals surface area contributed by atoms with Gasteiger partial charge in [-0.3, -0.25) is 4.79 Å². The molecule has 1 amide bonds. The molecule has 0 saturated carbocycles. The quantitative estimate of drug-likeness (QED) is 0.698. The first-order chi connectivity index (χ1) is 13.9. The molecule has 1 aliphatic heterocycles. The van der Waals surface area contributed by atoms with Crippen molar-refractivity contribution in [1.82, 2.24) is 9.21 Å². The van der Waals surface area contributed by atoms with Crippen LogP contribution in [0, 0.1) is 0 Å². The van der Waals surface area contributed by atoms with Crippen LogP contribution in [0.5, 0.6) is 0 Å². The third-order valence-corrected chi connectivity index (χ3v) is 7.15. The Hall–Kier alpha value is -2.38. The van der Waals surface area contributed by atoms with Gasteiger partial charge in [-0.15, -0.1) is 0 Å². The molecule has 1 heterocycles. The summed E-state index contributed by atoms with van der Waals surface area (Å²) in [5.74, 6) is -0.236. The van der Waals surface area contributed by atoms with Crippen molar-refractivity contribution >= 4 is 21.6 Å². The van der Waals surface area contributed by atoms with Gasteiger partial charge in [0.05, 0.1) is 11.4 Å². The lowest BCUT2D eigenvalue weighted by Crippen LogP contribution is -2.39. The summed E-state index contributed by atoms with van der Waals surface area (Å²) < 4.78 is 26.4. The van der Waals surface area contributed by atoms with Crippen molar-refractivity contribution in [2.75, 3.05) is 38.6 Å². The van der Waals surface area contributed by atoms with E-state index in [1.165, 1.54) is 38.4 Å². The van der Waals surface area contributed by atoms with Crippen molar-refractivity contribution in [2.24, 2.45) is 0 Å². The number of anilines is 1. The number of rotatable bonds is 7. The third-order valence-electron chi connectivity index (χ3n) is 5.33. The first-order valence-corrected chi connectivity index (χ1v) is 11.4. The van der Waals surface area contributed by atoms with Crippen LogP contribution in [0.4, 0.5) is 5.69 Å². The van der Waals surface area contributed by atoms with Gasteiger partial charge in [0.25, 0.3) is 0 Å². The van der Waals surface area contributed by atoms with Gasteiger partial charge in [0, 0.05) is 39.4 Å². The third kappa shape index (κ3) is 5.16. The first-order valence-electron chi connectivity index (χ1n) is 9.98. The van der Waals surface area contributed by atoms with Gasteiger partial charge < -0.3 is 9.80 Å². The summed E-state index contributed by atoms with van der Waals surface area (Å²) in [6.45, 7) is 2.32. The van der Waals surface area contributed by atoms with E-state index in [0.29, 0.717) is 6.54 Å². The van der Waals surface area contributed by atoms with Crippen LogP contribution < -0.4 is 4.90 Å². The minimum Gasteiger partial charge on any atom is -0.371 e. The van der Waals surface area contributed by atoms with Gasteiger partial charge in [0.2, 0.25) is 15.9 Å². The van der Waals surface area contributed by atoms with Crippen molar-refractivity contribution in [3.05, 3.63) is 60.2 Å². The Balaban J connectivity index is 1.67. The Morgan fingerprint density at radius 1 is 0.931 bits per heavy atom. The molecule has 7 heteroatoms. The fourth-order valence-electron chi connectivity index (χ4n) is 3.60. The Morgan fingerprint density at radius 3 is 2.24 bits per heavy atom. The number of hydrogen-bond donors (Lipinski definition) is 0. The number of benzene rings is 2. The zero-order valence-corrected chi connectivity index (χ0v) is 17.9. The number of carbonyl (C=O) groups is 1. The topological polar surface area (TPSA) is 60.9 Å². The standard InChI is InChI=1S/C22H29N3O3S/c1-23(17-19-11-7-8-14-21(19)25-15-9-4-10-16-25)22(26)18-24(2)29(27,28)20-12-5-3-6-13-20/h3,5-8,11-14H,4,9-10,15-18H2,1-2H3. The van der Waals surface area contributed by atoms with E-state index in [1.807, 2.05) is 18.2 Å². The molecular formula is C22H29N3O3S. The van der Waals surface area contributed by atoms with Crippen LogP contribution in [0.1, 0.15) is 24.8 Å². The Bertz CT molecular complexity index is 925. The fourth-order valence-corrected chi connectivity index (χ4v) is 4.74. The number of likely N-dealkylation sites (N-methyl/N-ethyl adjacent to an activating group) is 2. The van der Waals surface area contributed by atoms with Crippen molar-refractivity contribution in [1.29, 1.82) is 0 Å². The summed E-state index contributed by atoms with van der Waals surface area (Å²) in [4.78, 5) is 16.9. The molecular weight excluding hydrogens is 386 g/mol. The molecule has 0 atom stereocenters.